The molecule has 3 N–H and O–H groups in total. The van der Waals surface area contributed by atoms with Gasteiger partial charge in [0, 0.05) is 12.3 Å². The second kappa shape index (κ2) is 9.34. The summed E-state index contributed by atoms with van der Waals surface area (Å²) in [5.74, 6) is -0.519. The second-order valence-electron chi connectivity index (χ2n) is 6.94. The number of rotatable bonds is 9. The quantitative estimate of drug-likeness (QED) is 0.580. The van der Waals surface area contributed by atoms with Gasteiger partial charge < -0.3 is 20.1 Å². The van der Waals surface area contributed by atoms with E-state index in [4.69, 9.17) is 10.5 Å². The highest BCUT2D eigenvalue weighted by Crippen LogP contribution is 2.26. The van der Waals surface area contributed by atoms with E-state index in [1.54, 1.807) is 17.6 Å². The van der Waals surface area contributed by atoms with Crippen LogP contribution in [0.4, 0.5) is 4.39 Å². The van der Waals surface area contributed by atoms with Crippen LogP contribution < -0.4 is 10.5 Å². The number of hydrogen-bond acceptors (Lipinski definition) is 4. The predicted molar refractivity (Wildman–Crippen MR) is 107 cm³/mol. The molecule has 0 saturated heterocycles. The summed E-state index contributed by atoms with van der Waals surface area (Å²) in [4.78, 5) is 15.3. The van der Waals surface area contributed by atoms with Crippen molar-refractivity contribution in [2.75, 3.05) is 0 Å². The molecule has 0 aliphatic rings. The van der Waals surface area contributed by atoms with Gasteiger partial charge >= 0.3 is 0 Å². The molecule has 0 bridgehead atoms. The zero-order valence-electron chi connectivity index (χ0n) is 16.2. The van der Waals surface area contributed by atoms with Crippen molar-refractivity contribution < 1.29 is 19.0 Å². The molecule has 2 aromatic carbocycles. The standard InChI is InChI=1S/C22H24FN3O3/c1-15(27)20(26-12-19(22(24)28)25-14-26)10-8-17-7-9-18(23)11-21(17)29-13-16-5-3-2-4-6-16/h2-7,9,11-12,14-15,20,27H,8,10,13H2,1H3,(H2,24,28)/t15-,20+/m0/s1. The summed E-state index contributed by atoms with van der Waals surface area (Å²) in [6, 6.07) is 13.8. The zero-order valence-corrected chi connectivity index (χ0v) is 16.2. The molecule has 0 aliphatic carbocycles. The lowest BCUT2D eigenvalue weighted by Gasteiger charge is -2.22. The van der Waals surface area contributed by atoms with Gasteiger partial charge in [-0.3, -0.25) is 4.79 Å². The average Bonchev–Trinajstić information content (AvgIpc) is 3.18. The first kappa shape index (κ1) is 20.5. The molecule has 1 amide bonds. The lowest BCUT2D eigenvalue weighted by atomic mass is 10.0. The maximum Gasteiger partial charge on any atom is 0.268 e. The third kappa shape index (κ3) is 5.42. The number of aromatic nitrogens is 2. The third-order valence-corrected chi connectivity index (χ3v) is 4.77. The Kier molecular flexibility index (Phi) is 6.61. The number of ether oxygens (including phenoxy) is 1. The molecule has 152 valence electrons. The highest BCUT2D eigenvalue weighted by molar-refractivity contribution is 5.90. The van der Waals surface area contributed by atoms with E-state index in [2.05, 4.69) is 4.98 Å². The van der Waals surface area contributed by atoms with Crippen LogP contribution in [0, 0.1) is 5.82 Å². The van der Waals surface area contributed by atoms with Crippen LogP contribution in [0.15, 0.2) is 61.1 Å². The van der Waals surface area contributed by atoms with Crippen molar-refractivity contribution in [3.8, 4) is 5.75 Å². The Hall–Kier alpha value is -3.19. The lowest BCUT2D eigenvalue weighted by molar-refractivity contribution is 0.0994. The molecule has 1 aromatic heterocycles. The molecule has 0 fully saturated rings. The minimum absolute atomic E-state index is 0.143. The third-order valence-electron chi connectivity index (χ3n) is 4.77. The molecular weight excluding hydrogens is 373 g/mol. The normalized spacial score (nSPS) is 13.1. The maximum absolute atomic E-state index is 13.8. The van der Waals surface area contributed by atoms with Crippen LogP contribution in [0.2, 0.25) is 0 Å². The summed E-state index contributed by atoms with van der Waals surface area (Å²) in [7, 11) is 0. The van der Waals surface area contributed by atoms with Gasteiger partial charge in [-0.25, -0.2) is 9.37 Å². The molecule has 0 spiro atoms. The highest BCUT2D eigenvalue weighted by atomic mass is 19.1. The first-order chi connectivity index (χ1) is 13.9. The monoisotopic (exact) mass is 397 g/mol. The number of aliphatic hydroxyl groups excluding tert-OH is 1. The lowest BCUT2D eigenvalue weighted by Crippen LogP contribution is -2.21. The first-order valence-electron chi connectivity index (χ1n) is 9.40. The Morgan fingerprint density at radius 3 is 2.69 bits per heavy atom. The Morgan fingerprint density at radius 1 is 1.28 bits per heavy atom. The highest BCUT2D eigenvalue weighted by Gasteiger charge is 2.19. The van der Waals surface area contributed by atoms with Gasteiger partial charge in [0.1, 0.15) is 23.9 Å². The van der Waals surface area contributed by atoms with Crippen molar-refractivity contribution in [1.29, 1.82) is 0 Å². The molecule has 0 radical (unpaired) electrons. The predicted octanol–water partition coefficient (Wildman–Crippen LogP) is 3.25. The van der Waals surface area contributed by atoms with Gasteiger partial charge in [-0.1, -0.05) is 36.4 Å². The van der Waals surface area contributed by atoms with E-state index in [9.17, 15) is 14.3 Å². The van der Waals surface area contributed by atoms with E-state index in [-0.39, 0.29) is 17.6 Å². The molecule has 3 rings (SSSR count). The van der Waals surface area contributed by atoms with Crippen molar-refractivity contribution in [2.45, 2.75) is 38.5 Å². The number of aryl methyl sites for hydroxylation is 1. The van der Waals surface area contributed by atoms with Crippen molar-refractivity contribution in [2.24, 2.45) is 5.73 Å². The minimum atomic E-state index is -0.681. The number of primary amides is 1. The van der Waals surface area contributed by atoms with Crippen LogP contribution in [-0.4, -0.2) is 26.7 Å². The number of amides is 1. The number of carbonyl (C=O) groups excluding carboxylic acids is 1. The first-order valence-corrected chi connectivity index (χ1v) is 9.40. The topological polar surface area (TPSA) is 90.4 Å². The smallest absolute Gasteiger partial charge is 0.268 e. The Balaban J connectivity index is 1.73. The van der Waals surface area contributed by atoms with Crippen LogP contribution in [0.5, 0.6) is 5.75 Å². The maximum atomic E-state index is 13.8. The summed E-state index contributed by atoms with van der Waals surface area (Å²) in [6.45, 7) is 2.01. The van der Waals surface area contributed by atoms with E-state index in [1.165, 1.54) is 24.7 Å². The van der Waals surface area contributed by atoms with E-state index in [0.717, 1.165) is 11.1 Å². The van der Waals surface area contributed by atoms with Gasteiger partial charge in [0.15, 0.2) is 0 Å². The fourth-order valence-corrected chi connectivity index (χ4v) is 3.19. The number of nitrogens with zero attached hydrogens (tertiary/aromatic N) is 2. The van der Waals surface area contributed by atoms with Crippen LogP contribution >= 0.6 is 0 Å². The van der Waals surface area contributed by atoms with Gasteiger partial charge in [-0.15, -0.1) is 0 Å². The van der Waals surface area contributed by atoms with Crippen molar-refractivity contribution in [1.82, 2.24) is 9.55 Å². The number of hydrogen-bond donors (Lipinski definition) is 2. The van der Waals surface area contributed by atoms with Gasteiger partial charge in [0.2, 0.25) is 0 Å². The fourth-order valence-electron chi connectivity index (χ4n) is 3.19. The molecule has 0 unspecified atom stereocenters. The summed E-state index contributed by atoms with van der Waals surface area (Å²) in [5.41, 5.74) is 7.22. The molecular formula is C22H24FN3O3. The van der Waals surface area contributed by atoms with Gasteiger partial charge in [-0.05, 0) is 37.0 Å². The largest absolute Gasteiger partial charge is 0.489 e. The zero-order chi connectivity index (χ0) is 20.8. The Bertz CT molecular complexity index is 957. The second-order valence-corrected chi connectivity index (χ2v) is 6.94. The van der Waals surface area contributed by atoms with E-state index in [0.29, 0.717) is 25.2 Å². The van der Waals surface area contributed by atoms with Gasteiger partial charge in [0.25, 0.3) is 5.91 Å². The van der Waals surface area contributed by atoms with E-state index in [1.807, 2.05) is 30.3 Å². The van der Waals surface area contributed by atoms with Crippen LogP contribution in [-0.2, 0) is 13.0 Å². The van der Waals surface area contributed by atoms with E-state index < -0.39 is 12.0 Å². The van der Waals surface area contributed by atoms with Crippen LogP contribution in [0.1, 0.15) is 41.0 Å². The Labute approximate surface area is 168 Å². The van der Waals surface area contributed by atoms with Gasteiger partial charge in [0.05, 0.1) is 18.5 Å². The average molecular weight is 397 g/mol. The molecule has 0 saturated carbocycles. The number of carbonyl (C=O) groups is 1. The molecule has 7 heteroatoms. The number of nitrogens with two attached hydrogens (primary N) is 1. The summed E-state index contributed by atoms with van der Waals surface area (Å²) in [6.07, 6.45) is 3.41. The molecule has 1 heterocycles. The molecule has 2 atom stereocenters. The van der Waals surface area contributed by atoms with Crippen molar-refractivity contribution in [3.05, 3.63) is 83.7 Å². The van der Waals surface area contributed by atoms with Crippen LogP contribution in [0.25, 0.3) is 0 Å². The van der Waals surface area contributed by atoms with E-state index >= 15 is 0 Å². The molecule has 6 nitrogen and oxygen atoms in total. The number of benzene rings is 2. The fraction of sp³-hybridized carbons (Fsp3) is 0.273. The SMILES string of the molecule is C[C@H](O)[C@@H](CCc1ccc(F)cc1OCc1ccccc1)n1cnc(C(N)=O)c1. The molecule has 0 aliphatic heterocycles. The number of halogens is 1. The summed E-state index contributed by atoms with van der Waals surface area (Å²) >= 11 is 0. The van der Waals surface area contributed by atoms with Crippen LogP contribution in [0.3, 0.4) is 0 Å². The van der Waals surface area contributed by atoms with Crippen molar-refractivity contribution >= 4 is 5.91 Å². The van der Waals surface area contributed by atoms with Crippen molar-refractivity contribution in [3.63, 3.8) is 0 Å². The minimum Gasteiger partial charge on any atom is -0.489 e. The molecule has 29 heavy (non-hydrogen) atoms. The number of aliphatic hydroxyl groups is 1. The molecule has 3 aromatic rings. The Morgan fingerprint density at radius 2 is 2.03 bits per heavy atom. The number of imidazole rings is 1. The van der Waals surface area contributed by atoms with Gasteiger partial charge in [-0.2, -0.15) is 0 Å². The summed E-state index contributed by atoms with van der Waals surface area (Å²) in [5, 5.41) is 10.2. The summed E-state index contributed by atoms with van der Waals surface area (Å²) < 4.78 is 21.3.